The molecular formula is C11H11NO2. The number of hydrogen-bond acceptors (Lipinski definition) is 2. The molecule has 0 saturated carbocycles. The summed E-state index contributed by atoms with van der Waals surface area (Å²) in [6, 6.07) is 9.23. The molecule has 0 atom stereocenters. The highest BCUT2D eigenvalue weighted by Gasteiger charge is 2.14. The van der Waals surface area contributed by atoms with Crippen LogP contribution in [0, 0.1) is 0 Å². The Balaban J connectivity index is 2.16. The van der Waals surface area contributed by atoms with Crippen LogP contribution in [0.25, 0.3) is 0 Å². The predicted molar refractivity (Wildman–Crippen MR) is 52.6 cm³/mol. The lowest BCUT2D eigenvalue weighted by Gasteiger charge is -2.21. The third-order valence-electron chi connectivity index (χ3n) is 2.07. The fraction of sp³-hybridized carbons (Fsp3) is 0.182. The van der Waals surface area contributed by atoms with Crippen molar-refractivity contribution >= 4 is 5.91 Å². The maximum absolute atomic E-state index is 11.8. The Hall–Kier alpha value is -1.77. The van der Waals surface area contributed by atoms with E-state index >= 15 is 0 Å². The van der Waals surface area contributed by atoms with Gasteiger partial charge in [-0.05, 0) is 12.1 Å². The number of hydrogen-bond donors (Lipinski definition) is 0. The van der Waals surface area contributed by atoms with Gasteiger partial charge in [0.05, 0.1) is 12.8 Å². The Kier molecular flexibility index (Phi) is 2.49. The van der Waals surface area contributed by atoms with E-state index in [0.717, 1.165) is 0 Å². The lowest BCUT2D eigenvalue weighted by molar-refractivity contribution is 0.0751. The van der Waals surface area contributed by atoms with E-state index in [1.54, 1.807) is 17.4 Å². The van der Waals surface area contributed by atoms with Crippen LogP contribution in [0.1, 0.15) is 10.4 Å². The van der Waals surface area contributed by atoms with Gasteiger partial charge in [0.2, 0.25) is 0 Å². The molecule has 2 rings (SSSR count). The fourth-order valence-electron chi connectivity index (χ4n) is 1.33. The van der Waals surface area contributed by atoms with Crippen molar-refractivity contribution < 1.29 is 9.53 Å². The molecule has 1 aliphatic rings. The SMILES string of the molecule is O=C(c1ccccc1)N1C=COCC1. The second-order valence-corrected chi connectivity index (χ2v) is 3.02. The Morgan fingerprint density at radius 2 is 2.07 bits per heavy atom. The van der Waals surface area contributed by atoms with Gasteiger partial charge in [0.15, 0.2) is 0 Å². The summed E-state index contributed by atoms with van der Waals surface area (Å²) in [5, 5.41) is 0. The van der Waals surface area contributed by atoms with Gasteiger partial charge in [-0.1, -0.05) is 18.2 Å². The van der Waals surface area contributed by atoms with Gasteiger partial charge >= 0.3 is 0 Å². The van der Waals surface area contributed by atoms with E-state index in [0.29, 0.717) is 18.7 Å². The first kappa shape index (κ1) is 8.81. The second-order valence-electron chi connectivity index (χ2n) is 3.02. The summed E-state index contributed by atoms with van der Waals surface area (Å²) >= 11 is 0. The zero-order chi connectivity index (χ0) is 9.80. The van der Waals surface area contributed by atoms with Gasteiger partial charge in [-0.15, -0.1) is 0 Å². The van der Waals surface area contributed by atoms with Crippen molar-refractivity contribution in [1.82, 2.24) is 4.90 Å². The molecule has 1 aromatic rings. The normalized spacial score (nSPS) is 15.0. The number of carbonyl (C=O) groups is 1. The fourth-order valence-corrected chi connectivity index (χ4v) is 1.33. The Morgan fingerprint density at radius 3 is 2.71 bits per heavy atom. The first-order chi connectivity index (χ1) is 6.88. The first-order valence-electron chi connectivity index (χ1n) is 4.52. The molecule has 14 heavy (non-hydrogen) atoms. The molecule has 0 saturated heterocycles. The first-order valence-corrected chi connectivity index (χ1v) is 4.52. The van der Waals surface area contributed by atoms with Crippen LogP contribution in [-0.2, 0) is 4.74 Å². The molecule has 0 radical (unpaired) electrons. The standard InChI is InChI=1S/C11H11NO2/c13-11(10-4-2-1-3-5-10)12-6-8-14-9-7-12/h1-6,8H,7,9H2. The summed E-state index contributed by atoms with van der Waals surface area (Å²) in [7, 11) is 0. The molecule has 0 bridgehead atoms. The number of ether oxygens (including phenoxy) is 1. The maximum atomic E-state index is 11.8. The van der Waals surface area contributed by atoms with E-state index in [1.165, 1.54) is 0 Å². The van der Waals surface area contributed by atoms with E-state index < -0.39 is 0 Å². The molecule has 0 aliphatic carbocycles. The minimum atomic E-state index is 0.0187. The largest absolute Gasteiger partial charge is 0.498 e. The van der Waals surface area contributed by atoms with Crippen LogP contribution in [0.4, 0.5) is 0 Å². The van der Waals surface area contributed by atoms with Crippen molar-refractivity contribution in [1.29, 1.82) is 0 Å². The summed E-state index contributed by atoms with van der Waals surface area (Å²) in [5.74, 6) is 0.0187. The lowest BCUT2D eigenvalue weighted by Crippen LogP contribution is -2.31. The predicted octanol–water partition coefficient (Wildman–Crippen LogP) is 1.63. The molecule has 3 heteroatoms. The van der Waals surface area contributed by atoms with Crippen LogP contribution in [0.3, 0.4) is 0 Å². The highest BCUT2D eigenvalue weighted by molar-refractivity contribution is 5.94. The third kappa shape index (κ3) is 1.76. The van der Waals surface area contributed by atoms with Gasteiger partial charge in [-0.3, -0.25) is 4.79 Å². The Bertz CT molecular complexity index is 346. The van der Waals surface area contributed by atoms with Crippen LogP contribution in [0.15, 0.2) is 42.8 Å². The monoisotopic (exact) mass is 189 g/mol. The van der Waals surface area contributed by atoms with Gasteiger partial charge in [0.25, 0.3) is 5.91 Å². The van der Waals surface area contributed by atoms with Gasteiger partial charge in [0.1, 0.15) is 6.61 Å². The van der Waals surface area contributed by atoms with Crippen molar-refractivity contribution in [2.24, 2.45) is 0 Å². The Morgan fingerprint density at radius 1 is 1.29 bits per heavy atom. The maximum Gasteiger partial charge on any atom is 0.258 e. The Labute approximate surface area is 82.6 Å². The summed E-state index contributed by atoms with van der Waals surface area (Å²) in [6.45, 7) is 1.18. The molecule has 0 fully saturated rings. The van der Waals surface area contributed by atoms with Crippen molar-refractivity contribution in [2.45, 2.75) is 0 Å². The van der Waals surface area contributed by atoms with Crippen molar-refractivity contribution in [3.8, 4) is 0 Å². The molecule has 72 valence electrons. The molecule has 1 heterocycles. The van der Waals surface area contributed by atoms with E-state index in [9.17, 15) is 4.79 Å². The molecule has 0 spiro atoms. The lowest BCUT2D eigenvalue weighted by atomic mass is 10.2. The molecule has 1 aromatic carbocycles. The molecule has 3 nitrogen and oxygen atoms in total. The highest BCUT2D eigenvalue weighted by Crippen LogP contribution is 2.07. The average Bonchev–Trinajstić information content (AvgIpc) is 2.30. The quantitative estimate of drug-likeness (QED) is 0.672. The molecule has 0 unspecified atom stereocenters. The van der Waals surface area contributed by atoms with Crippen LogP contribution < -0.4 is 0 Å². The van der Waals surface area contributed by atoms with Crippen molar-refractivity contribution in [3.63, 3.8) is 0 Å². The highest BCUT2D eigenvalue weighted by atomic mass is 16.5. The summed E-state index contributed by atoms with van der Waals surface area (Å²) in [4.78, 5) is 13.5. The van der Waals surface area contributed by atoms with Crippen LogP contribution in [0.5, 0.6) is 0 Å². The second kappa shape index (κ2) is 3.96. The number of carbonyl (C=O) groups excluding carboxylic acids is 1. The minimum absolute atomic E-state index is 0.0187. The third-order valence-corrected chi connectivity index (χ3v) is 2.07. The van der Waals surface area contributed by atoms with Crippen molar-refractivity contribution in [3.05, 3.63) is 48.4 Å². The van der Waals surface area contributed by atoms with E-state index in [-0.39, 0.29) is 5.91 Å². The zero-order valence-corrected chi connectivity index (χ0v) is 7.72. The molecule has 0 aromatic heterocycles. The number of nitrogens with zero attached hydrogens (tertiary/aromatic N) is 1. The number of benzene rings is 1. The van der Waals surface area contributed by atoms with Gasteiger partial charge in [-0.25, -0.2) is 0 Å². The average molecular weight is 189 g/mol. The van der Waals surface area contributed by atoms with Crippen LogP contribution in [-0.4, -0.2) is 24.0 Å². The van der Waals surface area contributed by atoms with E-state index in [2.05, 4.69) is 0 Å². The van der Waals surface area contributed by atoms with Gasteiger partial charge in [-0.2, -0.15) is 0 Å². The van der Waals surface area contributed by atoms with E-state index in [1.807, 2.05) is 30.3 Å². The minimum Gasteiger partial charge on any atom is -0.498 e. The molecule has 0 N–H and O–H groups in total. The van der Waals surface area contributed by atoms with Crippen LogP contribution >= 0.6 is 0 Å². The number of rotatable bonds is 1. The van der Waals surface area contributed by atoms with E-state index in [4.69, 9.17) is 4.74 Å². The topological polar surface area (TPSA) is 29.5 Å². The van der Waals surface area contributed by atoms with Crippen LogP contribution in [0.2, 0.25) is 0 Å². The van der Waals surface area contributed by atoms with Crippen molar-refractivity contribution in [2.75, 3.05) is 13.2 Å². The molecule has 1 aliphatic heterocycles. The smallest absolute Gasteiger partial charge is 0.258 e. The molecular weight excluding hydrogens is 178 g/mol. The summed E-state index contributed by atoms with van der Waals surface area (Å²) in [5.41, 5.74) is 0.707. The zero-order valence-electron chi connectivity index (χ0n) is 7.72. The summed E-state index contributed by atoms with van der Waals surface area (Å²) in [6.07, 6.45) is 3.21. The van der Waals surface area contributed by atoms with Gasteiger partial charge in [0, 0.05) is 11.8 Å². The number of amides is 1. The summed E-state index contributed by atoms with van der Waals surface area (Å²) < 4.78 is 5.01. The van der Waals surface area contributed by atoms with Gasteiger partial charge < -0.3 is 9.64 Å². The molecule has 1 amide bonds.